The normalized spacial score (nSPS) is 22.5. The molecule has 0 radical (unpaired) electrons. The average molecular weight is 156 g/mol. The molecule has 5 heteroatoms. The minimum Gasteiger partial charge on any atom is -0.257 e. The Morgan fingerprint density at radius 2 is 2.55 bits per heavy atom. The maximum atomic E-state index is 12.6. The number of rotatable bonds is 2. The molecule has 0 amide bonds. The van der Waals surface area contributed by atoms with E-state index in [1.54, 1.807) is 6.07 Å². The van der Waals surface area contributed by atoms with Gasteiger partial charge >= 0.3 is 0 Å². The highest BCUT2D eigenvalue weighted by atomic mass is 19.2. The average Bonchev–Trinajstić information content (AvgIpc) is 2.33. The second-order valence-corrected chi connectivity index (χ2v) is 2.24. The van der Waals surface area contributed by atoms with Crippen molar-refractivity contribution in [3.8, 4) is 6.07 Å². The largest absolute Gasteiger partial charge is 0.257 e. The van der Waals surface area contributed by atoms with E-state index in [9.17, 15) is 4.48 Å². The van der Waals surface area contributed by atoms with Crippen LogP contribution in [0.2, 0.25) is 0 Å². The second kappa shape index (κ2) is 3.19. The molecule has 1 rings (SSSR count). The Labute approximate surface area is 64.4 Å². The summed E-state index contributed by atoms with van der Waals surface area (Å²) >= 11 is 0. The van der Waals surface area contributed by atoms with Crippen molar-refractivity contribution >= 4 is 6.34 Å². The van der Waals surface area contributed by atoms with Crippen LogP contribution in [0.25, 0.3) is 0 Å². The lowest BCUT2D eigenvalue weighted by Crippen LogP contribution is -2.34. The predicted octanol–water partition coefficient (Wildman–Crippen LogP) is 0.691. The summed E-state index contributed by atoms with van der Waals surface area (Å²) in [5.74, 6) is 0. The fourth-order valence-corrected chi connectivity index (χ4v) is 0.900. The van der Waals surface area contributed by atoms with E-state index in [-0.39, 0.29) is 0 Å². The third-order valence-corrected chi connectivity index (χ3v) is 1.39. The maximum Gasteiger partial charge on any atom is 0.235 e. The van der Waals surface area contributed by atoms with E-state index in [4.69, 9.17) is 5.26 Å². The molecule has 1 aliphatic heterocycles. The summed E-state index contributed by atoms with van der Waals surface area (Å²) in [6.45, 7) is 2.56. The Bertz CT molecular complexity index is 197. The number of halogens is 1. The highest BCUT2D eigenvalue weighted by Gasteiger charge is 2.26. The van der Waals surface area contributed by atoms with Crippen molar-refractivity contribution in [1.29, 1.82) is 5.26 Å². The van der Waals surface area contributed by atoms with Crippen molar-refractivity contribution in [3.05, 3.63) is 0 Å². The van der Waals surface area contributed by atoms with Gasteiger partial charge in [-0.05, 0) is 6.42 Å². The van der Waals surface area contributed by atoms with Crippen LogP contribution in [0.15, 0.2) is 5.10 Å². The zero-order valence-electron chi connectivity index (χ0n) is 6.24. The molecular formula is C6H9FN4. The van der Waals surface area contributed by atoms with Crippen molar-refractivity contribution in [2.45, 2.75) is 19.5 Å². The van der Waals surface area contributed by atoms with Crippen LogP contribution in [0.3, 0.4) is 0 Å². The van der Waals surface area contributed by atoms with Gasteiger partial charge in [-0.3, -0.25) is 5.01 Å². The SMILES string of the molecule is CCCN1N=CN(F)C1C#N. The summed E-state index contributed by atoms with van der Waals surface area (Å²) in [6.07, 6.45) is 1.00. The van der Waals surface area contributed by atoms with Crippen molar-refractivity contribution in [2.75, 3.05) is 6.54 Å². The molecule has 0 N–H and O–H groups in total. The summed E-state index contributed by atoms with van der Waals surface area (Å²) in [5.41, 5.74) is 0. The third-order valence-electron chi connectivity index (χ3n) is 1.39. The molecule has 1 atom stereocenters. The Hall–Kier alpha value is -1.31. The molecule has 1 unspecified atom stereocenters. The number of nitriles is 1. The molecule has 0 spiro atoms. The minimum absolute atomic E-state index is 0.301. The van der Waals surface area contributed by atoms with Gasteiger partial charge in [0.15, 0.2) is 0 Å². The highest BCUT2D eigenvalue weighted by molar-refractivity contribution is 5.56. The quantitative estimate of drug-likeness (QED) is 0.552. The van der Waals surface area contributed by atoms with Crippen molar-refractivity contribution in [2.24, 2.45) is 5.10 Å². The molecule has 0 saturated carbocycles. The first-order valence-corrected chi connectivity index (χ1v) is 3.44. The second-order valence-electron chi connectivity index (χ2n) is 2.24. The van der Waals surface area contributed by atoms with E-state index in [2.05, 4.69) is 5.10 Å². The summed E-state index contributed by atoms with van der Waals surface area (Å²) in [7, 11) is 0. The fraction of sp³-hybridized carbons (Fsp3) is 0.667. The molecule has 60 valence electrons. The zero-order chi connectivity index (χ0) is 8.27. The van der Waals surface area contributed by atoms with Gasteiger partial charge in [0.2, 0.25) is 6.17 Å². The molecule has 0 bridgehead atoms. The van der Waals surface area contributed by atoms with E-state index in [1.165, 1.54) is 5.01 Å². The van der Waals surface area contributed by atoms with Crippen molar-refractivity contribution in [3.63, 3.8) is 0 Å². The summed E-state index contributed by atoms with van der Waals surface area (Å²) in [6, 6.07) is 1.80. The van der Waals surface area contributed by atoms with Crippen LogP contribution in [0, 0.1) is 11.3 Å². The first kappa shape index (κ1) is 7.79. The Morgan fingerprint density at radius 1 is 1.82 bits per heavy atom. The lowest BCUT2D eigenvalue weighted by atomic mass is 10.4. The Kier molecular flexibility index (Phi) is 2.26. The van der Waals surface area contributed by atoms with Crippen molar-refractivity contribution in [1.82, 2.24) is 10.1 Å². The van der Waals surface area contributed by atoms with Crippen LogP contribution in [0.5, 0.6) is 0 Å². The summed E-state index contributed by atoms with van der Waals surface area (Å²) < 4.78 is 12.6. The van der Waals surface area contributed by atoms with E-state index in [0.717, 1.165) is 12.8 Å². The minimum atomic E-state index is -0.866. The van der Waals surface area contributed by atoms with Crippen LogP contribution < -0.4 is 0 Å². The van der Waals surface area contributed by atoms with Gasteiger partial charge in [-0.1, -0.05) is 11.4 Å². The monoisotopic (exact) mass is 156 g/mol. The van der Waals surface area contributed by atoms with Gasteiger partial charge in [0.05, 0.1) is 0 Å². The topological polar surface area (TPSA) is 42.6 Å². The molecule has 4 nitrogen and oxygen atoms in total. The Balaban J connectivity index is 2.55. The predicted molar refractivity (Wildman–Crippen MR) is 37.8 cm³/mol. The van der Waals surface area contributed by atoms with E-state index >= 15 is 0 Å². The van der Waals surface area contributed by atoms with Crippen LogP contribution in [-0.2, 0) is 0 Å². The number of hydrogen-bond acceptors (Lipinski definition) is 4. The van der Waals surface area contributed by atoms with E-state index in [0.29, 0.717) is 11.7 Å². The molecule has 0 aromatic carbocycles. The van der Waals surface area contributed by atoms with Gasteiger partial charge in [-0.2, -0.15) is 15.5 Å². The number of hydrazone groups is 1. The van der Waals surface area contributed by atoms with E-state index in [1.807, 2.05) is 6.92 Å². The smallest absolute Gasteiger partial charge is 0.235 e. The van der Waals surface area contributed by atoms with Gasteiger partial charge in [-0.25, -0.2) is 0 Å². The van der Waals surface area contributed by atoms with Crippen LogP contribution in [0.1, 0.15) is 13.3 Å². The van der Waals surface area contributed by atoms with Gasteiger partial charge in [0, 0.05) is 6.54 Å². The molecule has 1 aliphatic rings. The van der Waals surface area contributed by atoms with Crippen LogP contribution in [-0.4, -0.2) is 29.2 Å². The maximum absolute atomic E-state index is 12.6. The first-order valence-electron chi connectivity index (χ1n) is 3.44. The molecular weight excluding hydrogens is 147 g/mol. The highest BCUT2D eigenvalue weighted by Crippen LogP contribution is 2.11. The van der Waals surface area contributed by atoms with Gasteiger partial charge in [0.1, 0.15) is 12.4 Å². The fourth-order valence-electron chi connectivity index (χ4n) is 0.900. The Morgan fingerprint density at radius 3 is 3.09 bits per heavy atom. The lowest BCUT2D eigenvalue weighted by molar-refractivity contribution is 0.0381. The van der Waals surface area contributed by atoms with Crippen LogP contribution >= 0.6 is 0 Å². The molecule has 0 fully saturated rings. The van der Waals surface area contributed by atoms with E-state index < -0.39 is 6.17 Å². The summed E-state index contributed by atoms with van der Waals surface area (Å²) in [5, 5.41) is 13.9. The molecule has 0 aromatic heterocycles. The zero-order valence-corrected chi connectivity index (χ0v) is 6.24. The standard InChI is InChI=1S/C6H9FN4/c1-2-3-11-6(4-8)10(7)5-9-11/h5-6H,2-3H2,1H3. The molecule has 0 aromatic rings. The van der Waals surface area contributed by atoms with Crippen LogP contribution in [0.4, 0.5) is 4.48 Å². The summed E-state index contributed by atoms with van der Waals surface area (Å²) in [4.78, 5) is 0. The van der Waals surface area contributed by atoms with Gasteiger partial charge < -0.3 is 0 Å². The van der Waals surface area contributed by atoms with Gasteiger partial charge in [0.25, 0.3) is 0 Å². The van der Waals surface area contributed by atoms with Crippen molar-refractivity contribution < 1.29 is 4.48 Å². The number of nitrogens with zero attached hydrogens (tertiary/aromatic N) is 4. The first-order chi connectivity index (χ1) is 5.29. The lowest BCUT2D eigenvalue weighted by Gasteiger charge is -2.17. The molecule has 11 heavy (non-hydrogen) atoms. The molecule has 0 saturated heterocycles. The number of hydrogen-bond donors (Lipinski definition) is 0. The third kappa shape index (κ3) is 1.40. The molecule has 0 aliphatic carbocycles. The molecule has 1 heterocycles. The van der Waals surface area contributed by atoms with Gasteiger partial charge in [-0.15, -0.1) is 0 Å².